The van der Waals surface area contributed by atoms with Gasteiger partial charge in [0.2, 0.25) is 5.91 Å². The van der Waals surface area contributed by atoms with Crippen molar-refractivity contribution in [3.8, 4) is 6.07 Å². The molecule has 2 aliphatic rings. The van der Waals surface area contributed by atoms with Crippen molar-refractivity contribution in [1.29, 1.82) is 5.26 Å². The van der Waals surface area contributed by atoms with Gasteiger partial charge in [-0.15, -0.1) is 0 Å². The van der Waals surface area contributed by atoms with E-state index in [4.69, 9.17) is 0 Å². The number of allylic oxidation sites excluding steroid dienone is 7. The lowest BCUT2D eigenvalue weighted by molar-refractivity contribution is -0.132. The van der Waals surface area contributed by atoms with Crippen molar-refractivity contribution in [3.05, 3.63) is 77.4 Å². The van der Waals surface area contributed by atoms with Gasteiger partial charge in [0.1, 0.15) is 6.04 Å². The fourth-order valence-electron chi connectivity index (χ4n) is 4.32. The van der Waals surface area contributed by atoms with E-state index in [-0.39, 0.29) is 17.9 Å². The van der Waals surface area contributed by atoms with Crippen molar-refractivity contribution in [1.82, 2.24) is 10.2 Å². The molecule has 1 fully saturated rings. The number of benzene rings is 1. The van der Waals surface area contributed by atoms with Gasteiger partial charge in [-0.1, -0.05) is 73.7 Å². The minimum absolute atomic E-state index is 0.0366. The van der Waals surface area contributed by atoms with Gasteiger partial charge in [-0.05, 0) is 55.3 Å². The second kappa shape index (κ2) is 12.1. The Hall–Kier alpha value is -2.90. The Kier molecular flexibility index (Phi) is 8.87. The maximum Gasteiger partial charge on any atom is 0.237 e. The van der Waals surface area contributed by atoms with Crippen LogP contribution in [0.2, 0.25) is 0 Å². The van der Waals surface area contributed by atoms with Crippen LogP contribution >= 0.6 is 0 Å². The van der Waals surface area contributed by atoms with Crippen molar-refractivity contribution in [2.45, 2.75) is 51.0 Å². The number of nitriles is 1. The van der Waals surface area contributed by atoms with E-state index in [9.17, 15) is 10.1 Å². The molecule has 0 radical (unpaired) electrons. The third kappa shape index (κ3) is 6.29. The predicted octanol–water partition coefficient (Wildman–Crippen LogP) is 5.13. The van der Waals surface area contributed by atoms with Crippen LogP contribution in [0.4, 0.5) is 0 Å². The summed E-state index contributed by atoms with van der Waals surface area (Å²) in [6.07, 6.45) is 19.8. The van der Waals surface area contributed by atoms with E-state index in [1.54, 1.807) is 4.90 Å². The Balaban J connectivity index is 1.63. The van der Waals surface area contributed by atoms with Crippen LogP contribution in [0.15, 0.2) is 66.3 Å². The van der Waals surface area contributed by atoms with E-state index in [0.29, 0.717) is 13.1 Å². The van der Waals surface area contributed by atoms with Crippen molar-refractivity contribution in [3.63, 3.8) is 0 Å². The highest BCUT2D eigenvalue weighted by Gasteiger charge is 2.26. The van der Waals surface area contributed by atoms with E-state index in [1.165, 1.54) is 16.7 Å². The number of piperidine rings is 1. The fraction of sp³-hybridized carbons (Fsp3) is 0.407. The molecule has 3 rings (SSSR count). The predicted molar refractivity (Wildman–Crippen MR) is 127 cm³/mol. The molecule has 162 valence electrons. The van der Waals surface area contributed by atoms with Gasteiger partial charge >= 0.3 is 0 Å². The first kappa shape index (κ1) is 22.8. The van der Waals surface area contributed by atoms with Gasteiger partial charge in [-0.25, -0.2) is 0 Å². The topological polar surface area (TPSA) is 56.1 Å². The Morgan fingerprint density at radius 2 is 2.16 bits per heavy atom. The minimum Gasteiger partial charge on any atom is -0.326 e. The van der Waals surface area contributed by atoms with E-state index < -0.39 is 0 Å². The van der Waals surface area contributed by atoms with Crippen molar-refractivity contribution in [2.24, 2.45) is 0 Å². The van der Waals surface area contributed by atoms with Gasteiger partial charge in [0.25, 0.3) is 0 Å². The molecule has 1 aliphatic heterocycles. The summed E-state index contributed by atoms with van der Waals surface area (Å²) >= 11 is 0. The number of hydrogen-bond acceptors (Lipinski definition) is 3. The summed E-state index contributed by atoms with van der Waals surface area (Å²) in [7, 11) is 0. The lowest BCUT2D eigenvalue weighted by Crippen LogP contribution is -2.46. The third-order valence-electron chi connectivity index (χ3n) is 5.97. The van der Waals surface area contributed by atoms with Gasteiger partial charge in [0, 0.05) is 12.5 Å². The van der Waals surface area contributed by atoms with Crippen molar-refractivity contribution < 1.29 is 4.79 Å². The molecule has 2 atom stereocenters. The van der Waals surface area contributed by atoms with Gasteiger partial charge < -0.3 is 10.2 Å². The van der Waals surface area contributed by atoms with Crippen LogP contribution < -0.4 is 5.32 Å². The Morgan fingerprint density at radius 3 is 3.00 bits per heavy atom. The lowest BCUT2D eigenvalue weighted by Gasteiger charge is -2.31. The molecular formula is C27H33N3O. The van der Waals surface area contributed by atoms with E-state index in [1.807, 2.05) is 0 Å². The molecule has 1 amide bonds. The second-order valence-electron chi connectivity index (χ2n) is 8.10. The zero-order valence-electron chi connectivity index (χ0n) is 18.5. The molecule has 1 heterocycles. The first-order valence-electron chi connectivity index (χ1n) is 11.4. The molecule has 1 aliphatic carbocycles. The number of fused-ring (bicyclic) bond motifs is 1. The number of nitrogens with one attached hydrogen (secondary N) is 1. The highest BCUT2D eigenvalue weighted by Crippen LogP contribution is 2.34. The van der Waals surface area contributed by atoms with E-state index in [2.05, 4.69) is 85.1 Å². The molecule has 0 bridgehead atoms. The van der Waals surface area contributed by atoms with E-state index in [0.717, 1.165) is 38.6 Å². The van der Waals surface area contributed by atoms with E-state index >= 15 is 0 Å². The van der Waals surface area contributed by atoms with Gasteiger partial charge in [0.15, 0.2) is 0 Å². The Labute approximate surface area is 186 Å². The molecule has 0 saturated carbocycles. The highest BCUT2D eigenvalue weighted by molar-refractivity contribution is 5.79. The molecule has 0 spiro atoms. The lowest BCUT2D eigenvalue weighted by atomic mass is 9.86. The smallest absolute Gasteiger partial charge is 0.237 e. The van der Waals surface area contributed by atoms with Crippen LogP contribution in [0.5, 0.6) is 0 Å². The molecule has 2 unspecified atom stereocenters. The van der Waals surface area contributed by atoms with Gasteiger partial charge in [-0.2, -0.15) is 5.26 Å². The van der Waals surface area contributed by atoms with Crippen LogP contribution in [0.1, 0.15) is 56.1 Å². The van der Waals surface area contributed by atoms with Crippen LogP contribution in [-0.2, 0) is 4.79 Å². The summed E-state index contributed by atoms with van der Waals surface area (Å²) in [6, 6.07) is 10.5. The van der Waals surface area contributed by atoms with Crippen LogP contribution in [-0.4, -0.2) is 36.5 Å². The zero-order valence-corrected chi connectivity index (χ0v) is 18.5. The number of hydrogen-bond donors (Lipinski definition) is 1. The first-order valence-corrected chi connectivity index (χ1v) is 11.4. The SMILES string of the molecule is CC/C=C\C=C/C1=CC=Cc2ccccc2C1CCNCC(=O)N1CCCCC1C#N. The maximum atomic E-state index is 12.6. The number of carbonyl (C=O) groups is 1. The van der Waals surface area contributed by atoms with Crippen molar-refractivity contribution in [2.75, 3.05) is 19.6 Å². The number of likely N-dealkylation sites (tertiary alicyclic amines) is 1. The standard InChI is InChI=1S/C27H33N3O/c1-2-3-4-5-11-23-14-10-13-22-12-6-7-16-25(22)26(23)17-18-29-21-27(31)30-19-9-8-15-24(30)20-28/h3-7,10-14,16,24,26,29H,2,8-9,15,17-19,21H2,1H3/b4-3-,11-5-. The molecule has 31 heavy (non-hydrogen) atoms. The van der Waals surface area contributed by atoms with Crippen LogP contribution in [0.25, 0.3) is 6.08 Å². The van der Waals surface area contributed by atoms with Gasteiger partial charge in [-0.3, -0.25) is 4.79 Å². The molecule has 1 N–H and O–H groups in total. The second-order valence-corrected chi connectivity index (χ2v) is 8.10. The number of nitrogens with zero attached hydrogens (tertiary/aromatic N) is 2. The molecule has 4 nitrogen and oxygen atoms in total. The summed E-state index contributed by atoms with van der Waals surface area (Å²) < 4.78 is 0. The number of rotatable bonds is 8. The zero-order chi connectivity index (χ0) is 21.9. The minimum atomic E-state index is -0.265. The maximum absolute atomic E-state index is 12.6. The van der Waals surface area contributed by atoms with Crippen LogP contribution in [0, 0.1) is 11.3 Å². The Morgan fingerprint density at radius 1 is 1.29 bits per heavy atom. The van der Waals surface area contributed by atoms with Crippen LogP contribution in [0.3, 0.4) is 0 Å². The normalized spacial score (nSPS) is 21.0. The van der Waals surface area contributed by atoms with Crippen molar-refractivity contribution >= 4 is 12.0 Å². The summed E-state index contributed by atoms with van der Waals surface area (Å²) in [5.74, 6) is 0.302. The monoisotopic (exact) mass is 415 g/mol. The quantitative estimate of drug-likeness (QED) is 0.473. The summed E-state index contributed by atoms with van der Waals surface area (Å²) in [4.78, 5) is 14.4. The first-order chi connectivity index (χ1) is 15.2. The molecule has 1 aromatic carbocycles. The summed E-state index contributed by atoms with van der Waals surface area (Å²) in [5, 5.41) is 12.7. The van der Waals surface area contributed by atoms with Gasteiger partial charge in [0.05, 0.1) is 12.6 Å². The molecule has 1 aromatic rings. The average Bonchev–Trinajstić information content (AvgIpc) is 2.98. The largest absolute Gasteiger partial charge is 0.326 e. The summed E-state index contributed by atoms with van der Waals surface area (Å²) in [6.45, 7) is 3.86. The highest BCUT2D eigenvalue weighted by atomic mass is 16.2. The average molecular weight is 416 g/mol. The molecular weight excluding hydrogens is 382 g/mol. The molecule has 1 saturated heterocycles. The third-order valence-corrected chi connectivity index (χ3v) is 5.97. The summed E-state index contributed by atoms with van der Waals surface area (Å²) in [5.41, 5.74) is 3.84. The number of amides is 1. The fourth-order valence-corrected chi connectivity index (χ4v) is 4.32. The molecule has 4 heteroatoms. The Bertz CT molecular complexity index is 903. The molecule has 0 aromatic heterocycles. The number of carbonyl (C=O) groups excluding carboxylic acids is 1.